The summed E-state index contributed by atoms with van der Waals surface area (Å²) in [5.74, 6) is 0.500. The number of aromatic nitrogens is 4. The first kappa shape index (κ1) is 14.6. The Bertz CT molecular complexity index is 653. The SMILES string of the molecule is CC1(C)COCCN1C(=O)Cn1nnc(-c2ccccc2)n1. The van der Waals surface area contributed by atoms with Crippen LogP contribution in [0.25, 0.3) is 11.4 Å². The topological polar surface area (TPSA) is 73.1 Å². The Kier molecular flexibility index (Phi) is 3.89. The summed E-state index contributed by atoms with van der Waals surface area (Å²) in [4.78, 5) is 15.6. The number of rotatable bonds is 3. The Morgan fingerprint density at radius 1 is 1.32 bits per heavy atom. The highest BCUT2D eigenvalue weighted by atomic mass is 16.5. The monoisotopic (exact) mass is 301 g/mol. The third-order valence-electron chi connectivity index (χ3n) is 3.71. The quantitative estimate of drug-likeness (QED) is 0.845. The lowest BCUT2D eigenvalue weighted by molar-refractivity contribution is -0.147. The second-order valence-electron chi connectivity index (χ2n) is 5.92. The minimum absolute atomic E-state index is 0.0229. The van der Waals surface area contributed by atoms with Gasteiger partial charge in [0.25, 0.3) is 0 Å². The van der Waals surface area contributed by atoms with E-state index in [1.807, 2.05) is 49.1 Å². The highest BCUT2D eigenvalue weighted by Gasteiger charge is 2.34. The van der Waals surface area contributed by atoms with Crippen molar-refractivity contribution in [3.05, 3.63) is 30.3 Å². The van der Waals surface area contributed by atoms with Crippen molar-refractivity contribution in [2.75, 3.05) is 19.8 Å². The van der Waals surface area contributed by atoms with Crippen molar-refractivity contribution in [3.8, 4) is 11.4 Å². The molecule has 1 aromatic carbocycles. The van der Waals surface area contributed by atoms with E-state index in [4.69, 9.17) is 4.74 Å². The van der Waals surface area contributed by atoms with Crippen molar-refractivity contribution in [2.24, 2.45) is 0 Å². The molecular formula is C15H19N5O2. The Balaban J connectivity index is 1.71. The zero-order valence-electron chi connectivity index (χ0n) is 12.8. The fourth-order valence-corrected chi connectivity index (χ4v) is 2.54. The predicted molar refractivity (Wildman–Crippen MR) is 79.9 cm³/mol. The van der Waals surface area contributed by atoms with E-state index in [0.29, 0.717) is 25.6 Å². The molecule has 0 aliphatic carbocycles. The second-order valence-corrected chi connectivity index (χ2v) is 5.92. The zero-order chi connectivity index (χ0) is 15.6. The molecule has 22 heavy (non-hydrogen) atoms. The van der Waals surface area contributed by atoms with Gasteiger partial charge in [0, 0.05) is 12.1 Å². The molecule has 0 spiro atoms. The predicted octanol–water partition coefficient (Wildman–Crippen LogP) is 0.977. The van der Waals surface area contributed by atoms with Gasteiger partial charge in [-0.2, -0.15) is 4.80 Å². The van der Waals surface area contributed by atoms with Crippen LogP contribution in [0, 0.1) is 0 Å². The van der Waals surface area contributed by atoms with E-state index in [2.05, 4.69) is 15.4 Å². The first-order valence-electron chi connectivity index (χ1n) is 7.28. The van der Waals surface area contributed by atoms with Crippen LogP contribution in [0.5, 0.6) is 0 Å². The van der Waals surface area contributed by atoms with E-state index in [0.717, 1.165) is 5.56 Å². The number of carbonyl (C=O) groups excluding carboxylic acids is 1. The summed E-state index contributed by atoms with van der Waals surface area (Å²) in [5.41, 5.74) is 0.575. The maximum absolute atomic E-state index is 12.5. The molecule has 1 saturated heterocycles. The molecule has 1 aromatic heterocycles. The van der Waals surface area contributed by atoms with Gasteiger partial charge in [-0.3, -0.25) is 4.79 Å². The number of carbonyl (C=O) groups is 1. The molecule has 1 aliphatic rings. The van der Waals surface area contributed by atoms with Crippen molar-refractivity contribution < 1.29 is 9.53 Å². The van der Waals surface area contributed by atoms with Crippen LogP contribution < -0.4 is 0 Å². The van der Waals surface area contributed by atoms with E-state index >= 15 is 0 Å². The van der Waals surface area contributed by atoms with Gasteiger partial charge in [0.15, 0.2) is 0 Å². The molecule has 0 radical (unpaired) electrons. The fraction of sp³-hybridized carbons (Fsp3) is 0.467. The summed E-state index contributed by atoms with van der Waals surface area (Å²) < 4.78 is 5.43. The molecule has 0 bridgehead atoms. The lowest BCUT2D eigenvalue weighted by Crippen LogP contribution is -2.56. The highest BCUT2D eigenvalue weighted by Crippen LogP contribution is 2.19. The third kappa shape index (κ3) is 2.99. The van der Waals surface area contributed by atoms with Gasteiger partial charge in [-0.05, 0) is 19.1 Å². The lowest BCUT2D eigenvalue weighted by Gasteiger charge is -2.41. The van der Waals surface area contributed by atoms with E-state index < -0.39 is 0 Å². The summed E-state index contributed by atoms with van der Waals surface area (Å²) in [5, 5.41) is 12.3. The largest absolute Gasteiger partial charge is 0.377 e. The Labute approximate surface area is 128 Å². The molecule has 0 unspecified atom stereocenters. The van der Waals surface area contributed by atoms with Crippen LogP contribution in [0.1, 0.15) is 13.8 Å². The van der Waals surface area contributed by atoms with Gasteiger partial charge >= 0.3 is 0 Å². The van der Waals surface area contributed by atoms with Gasteiger partial charge in [-0.15, -0.1) is 10.2 Å². The number of benzene rings is 1. The number of hydrogen-bond donors (Lipinski definition) is 0. The molecule has 116 valence electrons. The molecule has 0 saturated carbocycles. The third-order valence-corrected chi connectivity index (χ3v) is 3.71. The van der Waals surface area contributed by atoms with Crippen molar-refractivity contribution in [1.82, 2.24) is 25.1 Å². The fourth-order valence-electron chi connectivity index (χ4n) is 2.54. The minimum Gasteiger partial charge on any atom is -0.377 e. The average molecular weight is 301 g/mol. The standard InChI is InChI=1S/C15H19N5O2/c1-15(2)11-22-9-8-19(15)13(21)10-20-17-14(16-18-20)12-6-4-3-5-7-12/h3-7H,8-11H2,1-2H3. The van der Waals surface area contributed by atoms with E-state index in [-0.39, 0.29) is 18.0 Å². The molecule has 2 aromatic rings. The van der Waals surface area contributed by atoms with E-state index in [1.54, 1.807) is 0 Å². The van der Waals surface area contributed by atoms with Gasteiger partial charge in [0.05, 0.1) is 18.8 Å². The molecule has 0 atom stereocenters. The molecule has 2 heterocycles. The van der Waals surface area contributed by atoms with Gasteiger partial charge in [-0.1, -0.05) is 30.3 Å². The minimum atomic E-state index is -0.307. The highest BCUT2D eigenvalue weighted by molar-refractivity contribution is 5.76. The molecule has 1 fully saturated rings. The zero-order valence-corrected chi connectivity index (χ0v) is 12.8. The second kappa shape index (κ2) is 5.84. The van der Waals surface area contributed by atoms with Crippen LogP contribution in [-0.4, -0.2) is 56.3 Å². The van der Waals surface area contributed by atoms with Crippen LogP contribution in [-0.2, 0) is 16.1 Å². The first-order valence-corrected chi connectivity index (χ1v) is 7.28. The lowest BCUT2D eigenvalue weighted by atomic mass is 10.0. The maximum atomic E-state index is 12.5. The van der Waals surface area contributed by atoms with Gasteiger partial charge in [0.2, 0.25) is 11.7 Å². The van der Waals surface area contributed by atoms with E-state index in [1.165, 1.54) is 4.80 Å². The Morgan fingerprint density at radius 2 is 2.09 bits per heavy atom. The first-order chi connectivity index (χ1) is 10.6. The molecular weight excluding hydrogens is 282 g/mol. The van der Waals surface area contributed by atoms with Gasteiger partial charge in [-0.25, -0.2) is 0 Å². The van der Waals surface area contributed by atoms with Crippen LogP contribution in [0.15, 0.2) is 30.3 Å². The normalized spacial score (nSPS) is 17.5. The molecule has 7 heteroatoms. The van der Waals surface area contributed by atoms with Crippen molar-refractivity contribution >= 4 is 5.91 Å². The van der Waals surface area contributed by atoms with Gasteiger partial charge in [0.1, 0.15) is 6.54 Å². The summed E-state index contributed by atoms with van der Waals surface area (Å²) in [6, 6.07) is 9.58. The van der Waals surface area contributed by atoms with Crippen LogP contribution in [0.2, 0.25) is 0 Å². The van der Waals surface area contributed by atoms with Crippen molar-refractivity contribution in [1.29, 1.82) is 0 Å². The number of hydrogen-bond acceptors (Lipinski definition) is 5. The van der Waals surface area contributed by atoms with Gasteiger partial charge < -0.3 is 9.64 Å². The summed E-state index contributed by atoms with van der Waals surface area (Å²) in [6.45, 7) is 5.77. The number of ether oxygens (including phenoxy) is 1. The average Bonchev–Trinajstić information content (AvgIpc) is 2.96. The maximum Gasteiger partial charge on any atom is 0.246 e. The molecule has 3 rings (SSSR count). The number of tetrazole rings is 1. The number of nitrogens with zero attached hydrogens (tertiary/aromatic N) is 5. The summed E-state index contributed by atoms with van der Waals surface area (Å²) in [7, 11) is 0. The molecule has 7 nitrogen and oxygen atoms in total. The summed E-state index contributed by atoms with van der Waals surface area (Å²) >= 11 is 0. The molecule has 1 amide bonds. The number of morpholine rings is 1. The van der Waals surface area contributed by atoms with E-state index in [9.17, 15) is 4.79 Å². The van der Waals surface area contributed by atoms with Crippen molar-refractivity contribution in [3.63, 3.8) is 0 Å². The van der Waals surface area contributed by atoms with Crippen LogP contribution >= 0.6 is 0 Å². The van der Waals surface area contributed by atoms with Crippen LogP contribution in [0.4, 0.5) is 0 Å². The Hall–Kier alpha value is -2.28. The number of amides is 1. The smallest absolute Gasteiger partial charge is 0.246 e. The van der Waals surface area contributed by atoms with Crippen molar-refractivity contribution in [2.45, 2.75) is 25.9 Å². The summed E-state index contributed by atoms with van der Waals surface area (Å²) in [6.07, 6.45) is 0. The van der Waals surface area contributed by atoms with Crippen LogP contribution in [0.3, 0.4) is 0 Å². The molecule has 1 aliphatic heterocycles. The molecule has 0 N–H and O–H groups in total. The Morgan fingerprint density at radius 3 is 2.82 bits per heavy atom.